The van der Waals surface area contributed by atoms with Crippen molar-refractivity contribution in [2.45, 2.75) is 0 Å². The first kappa shape index (κ1) is 5.59. The maximum Gasteiger partial charge on any atom is 0.0595 e. The molecule has 0 spiro atoms. The van der Waals surface area contributed by atoms with E-state index in [0.29, 0.717) is 0 Å². The van der Waals surface area contributed by atoms with Crippen LogP contribution >= 0.6 is 0 Å². The third-order valence-electron chi connectivity index (χ3n) is 1.66. The van der Waals surface area contributed by atoms with E-state index >= 15 is 0 Å². The number of hydrogen-bond acceptors (Lipinski definition) is 1. The third-order valence-corrected chi connectivity index (χ3v) is 1.66. The number of fused-ring (bicyclic) bond motifs is 1. The number of hydrogen-bond donors (Lipinski definition) is 1. The van der Waals surface area contributed by atoms with Crippen molar-refractivity contribution in [1.82, 2.24) is 10.6 Å². The van der Waals surface area contributed by atoms with Gasteiger partial charge in [0, 0.05) is 12.7 Å². The van der Waals surface area contributed by atoms with Crippen molar-refractivity contribution in [3.05, 3.63) is 35.7 Å². The summed E-state index contributed by atoms with van der Waals surface area (Å²) in [4.78, 5) is 0. The minimum Gasteiger partial charge on any atom is -0.380 e. The largest absolute Gasteiger partial charge is 0.380 e. The van der Waals surface area contributed by atoms with Gasteiger partial charge in [-0.05, 0) is 5.57 Å². The molecule has 10 heavy (non-hydrogen) atoms. The molecular weight excluding hydrogens is 124 g/mol. The Morgan fingerprint density at radius 3 is 3.40 bits per heavy atom. The molecule has 1 N–H and O–H groups in total. The van der Waals surface area contributed by atoms with Crippen LogP contribution in [0.5, 0.6) is 0 Å². The van der Waals surface area contributed by atoms with E-state index in [-0.39, 0.29) is 0 Å². The lowest BCUT2D eigenvalue weighted by atomic mass is 10.1. The SMILES string of the molecule is C1=CC2=CC[N]C=C2NC1. The van der Waals surface area contributed by atoms with Crippen LogP contribution in [0.3, 0.4) is 0 Å². The van der Waals surface area contributed by atoms with Gasteiger partial charge < -0.3 is 5.32 Å². The summed E-state index contributed by atoms with van der Waals surface area (Å²) in [6.07, 6.45) is 8.28. The molecule has 0 aromatic rings. The van der Waals surface area contributed by atoms with E-state index < -0.39 is 0 Å². The van der Waals surface area contributed by atoms with Crippen molar-refractivity contribution in [2.24, 2.45) is 0 Å². The van der Waals surface area contributed by atoms with E-state index in [2.05, 4.69) is 28.9 Å². The van der Waals surface area contributed by atoms with Crippen molar-refractivity contribution >= 4 is 0 Å². The predicted molar refractivity (Wildman–Crippen MR) is 40.3 cm³/mol. The second-order valence-corrected chi connectivity index (χ2v) is 2.35. The van der Waals surface area contributed by atoms with E-state index in [1.54, 1.807) is 0 Å². The summed E-state index contributed by atoms with van der Waals surface area (Å²) in [6.45, 7) is 1.75. The van der Waals surface area contributed by atoms with Crippen LogP contribution in [0.25, 0.3) is 0 Å². The molecule has 0 saturated carbocycles. The highest BCUT2D eigenvalue weighted by Crippen LogP contribution is 2.13. The molecule has 2 nitrogen and oxygen atoms in total. The highest BCUT2D eigenvalue weighted by Gasteiger charge is 2.07. The van der Waals surface area contributed by atoms with Gasteiger partial charge in [-0.3, -0.25) is 5.32 Å². The van der Waals surface area contributed by atoms with E-state index in [1.165, 1.54) is 5.57 Å². The number of allylic oxidation sites excluding steroid dienone is 1. The molecule has 0 aromatic heterocycles. The fourth-order valence-corrected chi connectivity index (χ4v) is 1.14. The van der Waals surface area contributed by atoms with Crippen molar-refractivity contribution in [1.29, 1.82) is 0 Å². The normalized spacial score (nSPS) is 21.6. The lowest BCUT2D eigenvalue weighted by Crippen LogP contribution is -2.22. The zero-order valence-corrected chi connectivity index (χ0v) is 5.67. The monoisotopic (exact) mass is 133 g/mol. The molecule has 0 atom stereocenters. The molecule has 1 radical (unpaired) electrons. The summed E-state index contributed by atoms with van der Waals surface area (Å²) >= 11 is 0. The highest BCUT2D eigenvalue weighted by molar-refractivity contribution is 5.43. The minimum atomic E-state index is 0.824. The van der Waals surface area contributed by atoms with Crippen molar-refractivity contribution in [2.75, 3.05) is 13.1 Å². The number of nitrogens with one attached hydrogen (secondary N) is 1. The minimum absolute atomic E-state index is 0.824. The maximum absolute atomic E-state index is 4.13. The second-order valence-electron chi connectivity index (χ2n) is 2.35. The zero-order chi connectivity index (χ0) is 6.81. The van der Waals surface area contributed by atoms with E-state index in [0.717, 1.165) is 18.8 Å². The van der Waals surface area contributed by atoms with Crippen molar-refractivity contribution in [3.8, 4) is 0 Å². The van der Waals surface area contributed by atoms with Crippen molar-refractivity contribution < 1.29 is 0 Å². The fraction of sp³-hybridized carbons (Fsp3) is 0.250. The molecular formula is C8H9N2. The smallest absolute Gasteiger partial charge is 0.0595 e. The summed E-state index contributed by atoms with van der Waals surface area (Å²) in [5.74, 6) is 0. The summed E-state index contributed by atoms with van der Waals surface area (Å²) in [5.41, 5.74) is 2.44. The quantitative estimate of drug-likeness (QED) is 0.512. The first-order valence-corrected chi connectivity index (χ1v) is 3.44. The highest BCUT2D eigenvalue weighted by atomic mass is 14.9. The molecule has 0 aliphatic carbocycles. The molecule has 2 heteroatoms. The standard InChI is InChI=1S/C8H9N2/c1-2-7-3-5-9-6-8(7)10-4-1/h1-3,6,10H,4-5H2. The molecule has 2 heterocycles. The van der Waals surface area contributed by atoms with Gasteiger partial charge in [0.1, 0.15) is 0 Å². The zero-order valence-electron chi connectivity index (χ0n) is 5.67. The summed E-state index contributed by atoms with van der Waals surface area (Å²) < 4.78 is 0. The van der Waals surface area contributed by atoms with Crippen LogP contribution in [-0.2, 0) is 0 Å². The molecule has 2 rings (SSSR count). The molecule has 0 saturated heterocycles. The lowest BCUT2D eigenvalue weighted by Gasteiger charge is -2.17. The van der Waals surface area contributed by atoms with Gasteiger partial charge in [0.25, 0.3) is 0 Å². The van der Waals surface area contributed by atoms with E-state index in [1.807, 2.05) is 6.20 Å². The van der Waals surface area contributed by atoms with Crippen LogP contribution in [0.15, 0.2) is 35.7 Å². The van der Waals surface area contributed by atoms with Crippen LogP contribution in [0.2, 0.25) is 0 Å². The fourth-order valence-electron chi connectivity index (χ4n) is 1.14. The molecule has 0 amide bonds. The molecule has 2 aliphatic rings. The summed E-state index contributed by atoms with van der Waals surface area (Å²) in [7, 11) is 0. The van der Waals surface area contributed by atoms with E-state index in [4.69, 9.17) is 0 Å². The average Bonchev–Trinajstić information content (AvgIpc) is 2.05. The van der Waals surface area contributed by atoms with Crippen LogP contribution in [-0.4, -0.2) is 13.1 Å². The van der Waals surface area contributed by atoms with Gasteiger partial charge >= 0.3 is 0 Å². The Bertz CT molecular complexity index is 223. The predicted octanol–water partition coefficient (Wildman–Crippen LogP) is 0.532. The van der Waals surface area contributed by atoms with Gasteiger partial charge in [-0.2, -0.15) is 0 Å². The van der Waals surface area contributed by atoms with Gasteiger partial charge in [0.2, 0.25) is 0 Å². The van der Waals surface area contributed by atoms with Crippen LogP contribution < -0.4 is 10.6 Å². The molecule has 0 unspecified atom stereocenters. The van der Waals surface area contributed by atoms with Crippen LogP contribution in [0, 0.1) is 0 Å². The van der Waals surface area contributed by atoms with Crippen LogP contribution in [0.1, 0.15) is 0 Å². The Labute approximate surface area is 60.3 Å². The Morgan fingerprint density at radius 2 is 2.50 bits per heavy atom. The first-order chi connectivity index (χ1) is 4.97. The number of rotatable bonds is 0. The van der Waals surface area contributed by atoms with Crippen molar-refractivity contribution in [3.63, 3.8) is 0 Å². The summed E-state index contributed by atoms with van der Waals surface area (Å²) in [6, 6.07) is 0. The Kier molecular flexibility index (Phi) is 1.24. The molecule has 2 aliphatic heterocycles. The molecule has 0 fully saturated rings. The Balaban J connectivity index is 2.33. The number of nitrogens with zero attached hydrogens (tertiary/aromatic N) is 1. The molecule has 0 aromatic carbocycles. The topological polar surface area (TPSA) is 26.1 Å². The Morgan fingerprint density at radius 1 is 1.50 bits per heavy atom. The van der Waals surface area contributed by atoms with Gasteiger partial charge in [0.05, 0.1) is 12.2 Å². The van der Waals surface area contributed by atoms with Gasteiger partial charge in [0.15, 0.2) is 0 Å². The summed E-state index contributed by atoms with van der Waals surface area (Å²) in [5, 5.41) is 7.36. The average molecular weight is 133 g/mol. The van der Waals surface area contributed by atoms with Gasteiger partial charge in [-0.1, -0.05) is 18.2 Å². The van der Waals surface area contributed by atoms with E-state index in [9.17, 15) is 0 Å². The van der Waals surface area contributed by atoms with Crippen LogP contribution in [0.4, 0.5) is 0 Å². The third kappa shape index (κ3) is 0.817. The van der Waals surface area contributed by atoms with Gasteiger partial charge in [-0.25, -0.2) is 0 Å². The first-order valence-electron chi connectivity index (χ1n) is 3.44. The molecule has 51 valence electrons. The molecule has 0 bridgehead atoms. The second kappa shape index (κ2) is 2.21. The Hall–Kier alpha value is -1.18. The van der Waals surface area contributed by atoms with Gasteiger partial charge in [-0.15, -0.1) is 0 Å². The maximum atomic E-state index is 4.13. The lowest BCUT2D eigenvalue weighted by molar-refractivity contribution is 0.829.